The van der Waals surface area contributed by atoms with E-state index in [-0.39, 0.29) is 24.9 Å². The minimum atomic E-state index is -4.70. The number of carbonyl (C=O) groups is 2. The first kappa shape index (κ1) is 67.0. The molecule has 1 N–H and O–H groups in total. The lowest BCUT2D eigenvalue weighted by molar-refractivity contribution is -0.870. The van der Waals surface area contributed by atoms with E-state index >= 15 is 0 Å². The lowest BCUT2D eigenvalue weighted by Crippen LogP contribution is -2.47. The highest BCUT2D eigenvalue weighted by atomic mass is 31.2. The van der Waals surface area contributed by atoms with Crippen LogP contribution >= 0.6 is 7.82 Å². The van der Waals surface area contributed by atoms with Gasteiger partial charge in [-0.1, -0.05) is 217 Å². The van der Waals surface area contributed by atoms with Gasteiger partial charge in [0.05, 0.1) is 33.8 Å². The van der Waals surface area contributed by atoms with Gasteiger partial charge in [0.15, 0.2) is 0 Å². The lowest BCUT2D eigenvalue weighted by atomic mass is 10.0. The molecule has 0 saturated heterocycles. The Labute approximate surface area is 427 Å². The second-order valence-electron chi connectivity index (χ2n) is 20.8. The summed E-state index contributed by atoms with van der Waals surface area (Å²) in [5, 5.41) is 3.02. The van der Waals surface area contributed by atoms with Crippen molar-refractivity contribution in [3.63, 3.8) is 0 Å². The van der Waals surface area contributed by atoms with Crippen molar-refractivity contribution >= 4 is 19.7 Å². The molecule has 0 spiro atoms. The standard InChI is InChI=1S/C59H111N2O7P/c1-7-10-13-16-19-22-25-28-30-33-36-39-42-45-48-51-58(62)60-56(55-67-69(64,65)66-54-53-61(4,5)6)57(50-47-44-41-38-35-32-27-24-21-18-15-12-9-3)68-59(63)52-49-46-43-40-37-34-31-29-26-23-20-17-14-11-8-2/h19,22-23,25-26,28,47,50,56-57H,7-18,20-21,24,27,29-46,48-49,51-55H2,1-6H3,(H-,60,62,64,65)/b22-19+,26-23-,28-25+,50-47+. The summed E-state index contributed by atoms with van der Waals surface area (Å²) >= 11 is 0. The monoisotopic (exact) mass is 991 g/mol. The van der Waals surface area contributed by atoms with Crippen molar-refractivity contribution in [2.45, 2.75) is 277 Å². The van der Waals surface area contributed by atoms with E-state index in [1.54, 1.807) is 0 Å². The molecule has 0 aliphatic rings. The highest BCUT2D eigenvalue weighted by Gasteiger charge is 2.27. The van der Waals surface area contributed by atoms with E-state index in [0.717, 1.165) is 103 Å². The van der Waals surface area contributed by atoms with Crippen LogP contribution in [0.25, 0.3) is 0 Å². The topological polar surface area (TPSA) is 114 Å². The number of nitrogens with one attached hydrogen (secondary N) is 1. The number of rotatable bonds is 52. The van der Waals surface area contributed by atoms with E-state index < -0.39 is 26.6 Å². The quantitative estimate of drug-likeness (QED) is 0.0161. The Bertz CT molecular complexity index is 1330. The number of amides is 1. The molecule has 3 unspecified atom stereocenters. The molecule has 0 aromatic heterocycles. The van der Waals surface area contributed by atoms with Crippen molar-refractivity contribution < 1.29 is 37.3 Å². The highest BCUT2D eigenvalue weighted by Crippen LogP contribution is 2.38. The summed E-state index contributed by atoms with van der Waals surface area (Å²) in [7, 11) is 1.18. The number of carbonyl (C=O) groups excluding carboxylic acids is 2. The van der Waals surface area contributed by atoms with Crippen LogP contribution in [0, 0.1) is 0 Å². The third kappa shape index (κ3) is 50.7. The minimum Gasteiger partial charge on any atom is -0.756 e. The molecule has 9 nitrogen and oxygen atoms in total. The number of phosphoric ester groups is 1. The largest absolute Gasteiger partial charge is 0.756 e. The van der Waals surface area contributed by atoms with Gasteiger partial charge in [-0.2, -0.15) is 0 Å². The molecule has 0 aliphatic heterocycles. The molecular weight excluding hydrogens is 880 g/mol. The molecule has 0 aliphatic carbocycles. The van der Waals surface area contributed by atoms with Crippen LogP contribution in [0.3, 0.4) is 0 Å². The smallest absolute Gasteiger partial charge is 0.306 e. The van der Waals surface area contributed by atoms with E-state index in [0.29, 0.717) is 17.4 Å². The van der Waals surface area contributed by atoms with Crippen molar-refractivity contribution in [1.29, 1.82) is 0 Å². The molecular formula is C59H111N2O7P. The normalized spacial score (nSPS) is 14.1. The molecule has 0 aromatic carbocycles. The molecule has 0 aromatic rings. The van der Waals surface area contributed by atoms with Gasteiger partial charge in [0.1, 0.15) is 19.3 Å². The van der Waals surface area contributed by atoms with E-state index in [2.05, 4.69) is 62.5 Å². The molecule has 10 heteroatoms. The van der Waals surface area contributed by atoms with Crippen LogP contribution in [0.2, 0.25) is 0 Å². The van der Waals surface area contributed by atoms with Crippen molar-refractivity contribution in [3.05, 3.63) is 48.6 Å². The molecule has 0 heterocycles. The molecule has 69 heavy (non-hydrogen) atoms. The molecule has 1 amide bonds. The summed E-state index contributed by atoms with van der Waals surface area (Å²) in [6.07, 6.45) is 59.2. The maximum Gasteiger partial charge on any atom is 0.306 e. The van der Waals surface area contributed by atoms with Crippen LogP contribution in [-0.4, -0.2) is 69.4 Å². The van der Waals surface area contributed by atoms with Crippen molar-refractivity contribution in [1.82, 2.24) is 5.32 Å². The van der Waals surface area contributed by atoms with Crippen molar-refractivity contribution in [2.75, 3.05) is 40.9 Å². The Kier molecular flexibility index (Phi) is 48.1. The highest BCUT2D eigenvalue weighted by molar-refractivity contribution is 7.45. The van der Waals surface area contributed by atoms with Crippen LogP contribution in [0.15, 0.2) is 48.6 Å². The van der Waals surface area contributed by atoms with E-state index in [1.807, 2.05) is 33.3 Å². The number of hydrogen-bond acceptors (Lipinski definition) is 7. The van der Waals surface area contributed by atoms with Crippen LogP contribution in [0.4, 0.5) is 0 Å². The number of likely N-dealkylation sites (N-methyl/N-ethyl adjacent to an activating group) is 1. The summed E-state index contributed by atoms with van der Waals surface area (Å²) < 4.78 is 30.2. The van der Waals surface area contributed by atoms with Gasteiger partial charge in [-0.15, -0.1) is 0 Å². The van der Waals surface area contributed by atoms with E-state index in [1.165, 1.54) is 128 Å². The first-order valence-corrected chi connectivity index (χ1v) is 30.4. The Morgan fingerprint density at radius 1 is 0.507 bits per heavy atom. The first-order valence-electron chi connectivity index (χ1n) is 29.0. The molecule has 404 valence electrons. The number of ether oxygens (including phenoxy) is 1. The number of quaternary nitrogens is 1. The zero-order valence-electron chi connectivity index (χ0n) is 46.0. The predicted molar refractivity (Wildman–Crippen MR) is 293 cm³/mol. The Hall–Kier alpha value is -2.03. The predicted octanol–water partition coefficient (Wildman–Crippen LogP) is 16.7. The lowest BCUT2D eigenvalue weighted by Gasteiger charge is -2.30. The molecule has 0 radical (unpaired) electrons. The average Bonchev–Trinajstić information content (AvgIpc) is 3.31. The van der Waals surface area contributed by atoms with Gasteiger partial charge in [0, 0.05) is 12.8 Å². The van der Waals surface area contributed by atoms with Crippen LogP contribution in [0.5, 0.6) is 0 Å². The van der Waals surface area contributed by atoms with Gasteiger partial charge < -0.3 is 28.5 Å². The first-order chi connectivity index (χ1) is 33.4. The number of allylic oxidation sites excluding steroid dienone is 7. The van der Waals surface area contributed by atoms with Gasteiger partial charge in [-0.25, -0.2) is 0 Å². The van der Waals surface area contributed by atoms with Gasteiger partial charge in [-0.05, 0) is 83.1 Å². The Morgan fingerprint density at radius 3 is 1.36 bits per heavy atom. The number of hydrogen-bond donors (Lipinski definition) is 1. The van der Waals surface area contributed by atoms with Crippen LogP contribution < -0.4 is 10.2 Å². The Balaban J connectivity index is 5.39. The van der Waals surface area contributed by atoms with Crippen molar-refractivity contribution in [2.24, 2.45) is 0 Å². The number of phosphoric acid groups is 1. The third-order valence-corrected chi connectivity index (χ3v) is 13.7. The van der Waals surface area contributed by atoms with Gasteiger partial charge in [-0.3, -0.25) is 14.2 Å². The maximum absolute atomic E-state index is 13.5. The Morgan fingerprint density at radius 2 is 0.884 bits per heavy atom. The third-order valence-electron chi connectivity index (χ3n) is 12.8. The van der Waals surface area contributed by atoms with E-state index in [9.17, 15) is 19.0 Å². The fraction of sp³-hybridized carbons (Fsp3) is 0.831. The molecule has 0 rings (SSSR count). The number of unbranched alkanes of at least 4 members (excludes halogenated alkanes) is 31. The van der Waals surface area contributed by atoms with Crippen LogP contribution in [0.1, 0.15) is 265 Å². The summed E-state index contributed by atoms with van der Waals surface area (Å²) in [6.45, 7) is 6.80. The summed E-state index contributed by atoms with van der Waals surface area (Å²) in [5.74, 6) is -0.555. The average molecular weight is 992 g/mol. The maximum atomic E-state index is 13.5. The zero-order chi connectivity index (χ0) is 50.8. The van der Waals surface area contributed by atoms with Gasteiger partial charge in [0.2, 0.25) is 5.91 Å². The number of esters is 1. The SMILES string of the molecule is CCCCC/C=C/C=C/CCCCCCCCC(=O)NC(COP(=O)([O-])OCC[N+](C)(C)C)C(/C=C/CCCCCCCCCCCCC)OC(=O)CCCCCCCCC/C=C\CCCCCC. The zero-order valence-corrected chi connectivity index (χ0v) is 46.9. The minimum absolute atomic E-state index is 0.0254. The summed E-state index contributed by atoms with van der Waals surface area (Å²) in [5.41, 5.74) is 0. The van der Waals surface area contributed by atoms with Crippen LogP contribution in [-0.2, 0) is 27.9 Å². The molecule has 0 saturated carbocycles. The van der Waals surface area contributed by atoms with Crippen molar-refractivity contribution in [3.8, 4) is 0 Å². The number of nitrogens with zero attached hydrogens (tertiary/aromatic N) is 1. The summed E-state index contributed by atoms with van der Waals surface area (Å²) in [4.78, 5) is 39.8. The van der Waals surface area contributed by atoms with E-state index in [4.69, 9.17) is 13.8 Å². The van der Waals surface area contributed by atoms with Gasteiger partial charge >= 0.3 is 5.97 Å². The fourth-order valence-electron chi connectivity index (χ4n) is 8.21. The molecule has 3 atom stereocenters. The second-order valence-corrected chi connectivity index (χ2v) is 22.2. The molecule has 0 bridgehead atoms. The molecule has 0 fully saturated rings. The van der Waals surface area contributed by atoms with Gasteiger partial charge in [0.25, 0.3) is 7.82 Å². The summed E-state index contributed by atoms with van der Waals surface area (Å²) in [6, 6.07) is -0.894. The second kappa shape index (κ2) is 49.5. The fourth-order valence-corrected chi connectivity index (χ4v) is 8.94.